The van der Waals surface area contributed by atoms with Crippen LogP contribution in [0.4, 0.5) is 4.39 Å². The topological polar surface area (TPSA) is 86.5 Å². The maximum absolute atomic E-state index is 11.9. The maximum atomic E-state index is 11.9. The van der Waals surface area contributed by atoms with Gasteiger partial charge in [0.25, 0.3) is 14.2 Å². The molecule has 0 aromatic carbocycles. The summed E-state index contributed by atoms with van der Waals surface area (Å²) >= 11 is 0. The average Bonchev–Trinajstić information content (AvgIpc) is 2.60. The van der Waals surface area contributed by atoms with E-state index in [1.807, 2.05) is 0 Å². The fourth-order valence-corrected chi connectivity index (χ4v) is 1.58. The van der Waals surface area contributed by atoms with E-state index in [1.54, 1.807) is 0 Å². The molecule has 0 fully saturated rings. The summed E-state index contributed by atoms with van der Waals surface area (Å²) in [5.74, 6) is -0.0269. The van der Waals surface area contributed by atoms with Gasteiger partial charge in [0.1, 0.15) is 6.33 Å². The molecule has 10 heteroatoms. The summed E-state index contributed by atoms with van der Waals surface area (Å²) in [6, 6.07) is 1.23. The van der Waals surface area contributed by atoms with Crippen molar-refractivity contribution in [3.8, 4) is 5.88 Å². The molecule has 0 radical (unpaired) electrons. The van der Waals surface area contributed by atoms with Gasteiger partial charge in [-0.3, -0.25) is 0 Å². The Morgan fingerprint density at radius 2 is 2.31 bits per heavy atom. The highest BCUT2D eigenvalue weighted by Gasteiger charge is 2.17. The highest BCUT2D eigenvalue weighted by atomic mass is 35.7. The minimum Gasteiger partial charge on any atom is -0.446 e. The van der Waals surface area contributed by atoms with Crippen LogP contribution in [-0.2, 0) is 9.05 Å². The van der Waals surface area contributed by atoms with Crippen molar-refractivity contribution in [2.24, 2.45) is 0 Å². The van der Waals surface area contributed by atoms with E-state index in [1.165, 1.54) is 6.07 Å². The van der Waals surface area contributed by atoms with Crippen molar-refractivity contribution in [2.45, 2.75) is 5.16 Å². The third-order valence-corrected chi connectivity index (χ3v) is 2.63. The number of alkyl halides is 1. The zero-order chi connectivity index (χ0) is 11.8. The van der Waals surface area contributed by atoms with E-state index in [-0.39, 0.29) is 11.5 Å². The van der Waals surface area contributed by atoms with Crippen LogP contribution >= 0.6 is 10.7 Å². The molecule has 2 heterocycles. The fourth-order valence-electron chi connectivity index (χ4n) is 0.996. The molecular weight excluding hydrogens is 263 g/mol. The summed E-state index contributed by atoms with van der Waals surface area (Å²) in [7, 11) is 1.05. The summed E-state index contributed by atoms with van der Waals surface area (Å²) in [4.78, 5) is 7.27. The third-order valence-electron chi connectivity index (χ3n) is 1.61. The maximum Gasteiger partial charge on any atom is 0.298 e. The number of hydrogen-bond acceptors (Lipinski definition) is 6. The van der Waals surface area contributed by atoms with Crippen molar-refractivity contribution in [1.82, 2.24) is 19.6 Å². The molecule has 2 aromatic rings. The molecule has 16 heavy (non-hydrogen) atoms. The van der Waals surface area contributed by atoms with Crippen molar-refractivity contribution < 1.29 is 17.5 Å². The molecule has 7 nitrogen and oxygen atoms in total. The highest BCUT2D eigenvalue weighted by Crippen LogP contribution is 2.14. The Morgan fingerprint density at radius 3 is 2.94 bits per heavy atom. The van der Waals surface area contributed by atoms with Crippen LogP contribution in [0.15, 0.2) is 17.6 Å². The van der Waals surface area contributed by atoms with Gasteiger partial charge < -0.3 is 4.74 Å². The van der Waals surface area contributed by atoms with Crippen LogP contribution in [0.5, 0.6) is 5.88 Å². The minimum absolute atomic E-state index is 0.0269. The normalized spacial score (nSPS) is 11.9. The summed E-state index contributed by atoms with van der Waals surface area (Å²) in [5, 5.41) is 3.01. The molecule has 0 spiro atoms. The average molecular weight is 267 g/mol. The first-order chi connectivity index (χ1) is 7.50. The third kappa shape index (κ3) is 2.04. The van der Waals surface area contributed by atoms with Gasteiger partial charge >= 0.3 is 0 Å². The van der Waals surface area contributed by atoms with Gasteiger partial charge in [-0.2, -0.15) is 4.98 Å². The Hall–Kier alpha value is -1.48. The lowest BCUT2D eigenvalue weighted by atomic mass is 10.6. The van der Waals surface area contributed by atoms with Crippen LogP contribution in [-0.4, -0.2) is 34.9 Å². The number of halogens is 2. The van der Waals surface area contributed by atoms with Gasteiger partial charge in [-0.05, 0) is 0 Å². The Balaban J connectivity index is 2.54. The number of hydrogen-bond donors (Lipinski definition) is 0. The van der Waals surface area contributed by atoms with Crippen LogP contribution in [0.2, 0.25) is 0 Å². The van der Waals surface area contributed by atoms with Gasteiger partial charge in [0, 0.05) is 16.7 Å². The molecule has 2 rings (SSSR count). The first-order valence-electron chi connectivity index (χ1n) is 3.86. The zero-order valence-electron chi connectivity index (χ0n) is 7.54. The molecule has 86 valence electrons. The molecule has 0 aliphatic heterocycles. The molecule has 0 saturated heterocycles. The number of ether oxygens (including phenoxy) is 1. The van der Waals surface area contributed by atoms with Crippen molar-refractivity contribution in [3.05, 3.63) is 12.4 Å². The molecule has 0 amide bonds. The van der Waals surface area contributed by atoms with Crippen LogP contribution in [0.1, 0.15) is 0 Å². The zero-order valence-corrected chi connectivity index (χ0v) is 9.11. The molecule has 0 bridgehead atoms. The van der Waals surface area contributed by atoms with Crippen LogP contribution in [0.3, 0.4) is 0 Å². The Bertz CT molecular complexity index is 628. The van der Waals surface area contributed by atoms with Gasteiger partial charge in [0.15, 0.2) is 5.65 Å². The number of aromatic nitrogens is 4. The van der Waals surface area contributed by atoms with Crippen molar-refractivity contribution in [2.75, 3.05) is 6.86 Å². The molecule has 0 aliphatic carbocycles. The Morgan fingerprint density at radius 1 is 1.56 bits per heavy atom. The first-order valence-corrected chi connectivity index (χ1v) is 6.17. The number of fused-ring (bicyclic) bond motifs is 1. The smallest absolute Gasteiger partial charge is 0.298 e. The van der Waals surface area contributed by atoms with Gasteiger partial charge in [0.05, 0.1) is 0 Å². The molecule has 0 atom stereocenters. The second-order valence-corrected chi connectivity index (χ2v) is 5.08. The number of rotatable bonds is 3. The van der Waals surface area contributed by atoms with E-state index in [2.05, 4.69) is 19.8 Å². The summed E-state index contributed by atoms with van der Waals surface area (Å²) in [5.41, 5.74) is 0.137. The number of nitrogens with zero attached hydrogens (tertiary/aromatic N) is 4. The Labute approximate surface area is 93.3 Å². The van der Waals surface area contributed by atoms with E-state index in [0.717, 1.165) is 10.8 Å². The lowest BCUT2D eigenvalue weighted by molar-refractivity contribution is 0.184. The predicted molar refractivity (Wildman–Crippen MR) is 50.4 cm³/mol. The highest BCUT2D eigenvalue weighted by molar-refractivity contribution is 8.13. The van der Waals surface area contributed by atoms with E-state index in [9.17, 15) is 12.8 Å². The molecule has 0 N–H and O–H groups in total. The molecule has 0 unspecified atom stereocenters. The lowest BCUT2D eigenvalue weighted by Crippen LogP contribution is -1.96. The summed E-state index contributed by atoms with van der Waals surface area (Å²) < 4.78 is 39.3. The molecule has 0 saturated carbocycles. The van der Waals surface area contributed by atoms with Gasteiger partial charge in [-0.25, -0.2) is 22.3 Å². The second kappa shape index (κ2) is 3.83. The van der Waals surface area contributed by atoms with Gasteiger partial charge in [0.2, 0.25) is 12.7 Å². The second-order valence-electron chi connectivity index (χ2n) is 2.62. The minimum atomic E-state index is -4.00. The van der Waals surface area contributed by atoms with Crippen LogP contribution in [0, 0.1) is 0 Å². The van der Waals surface area contributed by atoms with E-state index < -0.39 is 21.1 Å². The van der Waals surface area contributed by atoms with Crippen molar-refractivity contribution in [1.29, 1.82) is 0 Å². The lowest BCUT2D eigenvalue weighted by Gasteiger charge is -1.97. The van der Waals surface area contributed by atoms with Gasteiger partial charge in [-0.15, -0.1) is 5.10 Å². The SMILES string of the molecule is O=S(=O)(Cl)c1nc2cc(OCF)ncn2n1. The quantitative estimate of drug-likeness (QED) is 0.746. The standard InChI is InChI=1S/C6H4ClFN4O3S/c7-16(13,14)6-10-4-1-5(15-2-8)9-3-12(4)11-6/h1,3H,2H2. The fraction of sp³-hybridized carbons (Fsp3) is 0.167. The largest absolute Gasteiger partial charge is 0.446 e. The molecular formula is C6H4ClFN4O3S. The molecule has 0 aliphatic rings. The monoisotopic (exact) mass is 266 g/mol. The van der Waals surface area contributed by atoms with Crippen molar-refractivity contribution in [3.63, 3.8) is 0 Å². The van der Waals surface area contributed by atoms with Crippen LogP contribution in [0.25, 0.3) is 5.65 Å². The van der Waals surface area contributed by atoms with Gasteiger partial charge in [-0.1, -0.05) is 0 Å². The Kier molecular flexibility index (Phi) is 2.64. The van der Waals surface area contributed by atoms with Crippen LogP contribution < -0.4 is 4.74 Å². The summed E-state index contributed by atoms with van der Waals surface area (Å²) in [6.07, 6.45) is 1.14. The molecule has 2 aromatic heterocycles. The van der Waals surface area contributed by atoms with E-state index in [0.29, 0.717) is 0 Å². The van der Waals surface area contributed by atoms with E-state index in [4.69, 9.17) is 10.7 Å². The van der Waals surface area contributed by atoms with Crippen molar-refractivity contribution >= 4 is 25.4 Å². The summed E-state index contributed by atoms with van der Waals surface area (Å²) in [6.45, 7) is -1.04. The van der Waals surface area contributed by atoms with E-state index >= 15 is 0 Å². The predicted octanol–water partition coefficient (Wildman–Crippen LogP) is 0.358. The first kappa shape index (κ1) is 11.0.